The van der Waals surface area contributed by atoms with E-state index in [-0.39, 0.29) is 37.1 Å². The molecule has 33 heavy (non-hydrogen) atoms. The van der Waals surface area contributed by atoms with Gasteiger partial charge in [-0.25, -0.2) is 0 Å². The monoisotopic (exact) mass is 497 g/mol. The van der Waals surface area contributed by atoms with E-state index >= 15 is 0 Å². The Morgan fingerprint density at radius 3 is 2.42 bits per heavy atom. The second kappa shape index (κ2) is 13.9. The topological polar surface area (TPSA) is 120 Å². The van der Waals surface area contributed by atoms with Crippen molar-refractivity contribution in [2.24, 2.45) is 11.7 Å². The molecule has 182 valence electrons. The van der Waals surface area contributed by atoms with Gasteiger partial charge < -0.3 is 20.9 Å². The summed E-state index contributed by atoms with van der Waals surface area (Å²) < 4.78 is 0. The molecule has 1 aliphatic heterocycles. The van der Waals surface area contributed by atoms with Gasteiger partial charge >= 0.3 is 13.1 Å². The number of likely N-dealkylation sites (tertiary alicyclic amines) is 1. The van der Waals surface area contributed by atoms with E-state index in [4.69, 9.17) is 15.8 Å². The van der Waals surface area contributed by atoms with Crippen LogP contribution in [0.3, 0.4) is 0 Å². The summed E-state index contributed by atoms with van der Waals surface area (Å²) in [5.74, 6) is -1.05. The zero-order valence-electron chi connectivity index (χ0n) is 18.7. The lowest BCUT2D eigenvalue weighted by Crippen LogP contribution is -2.56. The minimum atomic E-state index is -1.35. The van der Waals surface area contributed by atoms with Gasteiger partial charge in [0.1, 0.15) is 5.54 Å². The van der Waals surface area contributed by atoms with Crippen LogP contribution >= 0.6 is 24.8 Å². The number of carboxylic acid groups (broad SMARTS) is 1. The Bertz CT molecular complexity index is 855. The fraction of sp³-hybridized carbons (Fsp3) is 0.478. The maximum Gasteiger partial charge on any atom is 0.451 e. The highest BCUT2D eigenvalue weighted by molar-refractivity contribution is 6.40. The molecule has 2 heterocycles. The minimum absolute atomic E-state index is 0. The zero-order valence-corrected chi connectivity index (χ0v) is 20.3. The van der Waals surface area contributed by atoms with Crippen LogP contribution in [-0.4, -0.2) is 56.8 Å². The summed E-state index contributed by atoms with van der Waals surface area (Å²) in [6.45, 7) is 2.40. The number of aliphatic carboxylic acids is 1. The Kier molecular flexibility index (Phi) is 12.4. The second-order valence-corrected chi connectivity index (χ2v) is 8.52. The molecule has 0 bridgehead atoms. The highest BCUT2D eigenvalue weighted by Crippen LogP contribution is 2.33. The molecule has 0 spiro atoms. The average molecular weight is 498 g/mol. The summed E-state index contributed by atoms with van der Waals surface area (Å²) in [6, 6.07) is 12.3. The molecule has 2 aromatic rings. The van der Waals surface area contributed by atoms with Crippen molar-refractivity contribution in [2.75, 3.05) is 13.1 Å². The van der Waals surface area contributed by atoms with Gasteiger partial charge in [-0.3, -0.25) is 14.7 Å². The van der Waals surface area contributed by atoms with Crippen LogP contribution in [-0.2, 0) is 11.3 Å². The Morgan fingerprint density at radius 2 is 1.82 bits per heavy atom. The predicted molar refractivity (Wildman–Crippen MR) is 136 cm³/mol. The molecule has 7 nitrogen and oxygen atoms in total. The van der Waals surface area contributed by atoms with E-state index in [0.717, 1.165) is 38.0 Å². The molecule has 1 saturated heterocycles. The van der Waals surface area contributed by atoms with Crippen LogP contribution in [0.1, 0.15) is 37.7 Å². The Balaban J connectivity index is 0.00000272. The third-order valence-electron chi connectivity index (χ3n) is 6.40. The number of pyridine rings is 1. The largest absolute Gasteiger partial charge is 0.480 e. The quantitative estimate of drug-likeness (QED) is 0.293. The molecule has 5 N–H and O–H groups in total. The van der Waals surface area contributed by atoms with Crippen molar-refractivity contribution in [1.82, 2.24) is 9.88 Å². The van der Waals surface area contributed by atoms with E-state index in [0.29, 0.717) is 19.3 Å². The van der Waals surface area contributed by atoms with E-state index in [1.165, 1.54) is 11.1 Å². The Hall–Kier alpha value is -1.68. The number of piperidine rings is 1. The van der Waals surface area contributed by atoms with E-state index < -0.39 is 18.6 Å². The fourth-order valence-electron chi connectivity index (χ4n) is 4.54. The second-order valence-electron chi connectivity index (χ2n) is 8.52. The van der Waals surface area contributed by atoms with Crippen LogP contribution in [0.2, 0.25) is 6.32 Å². The number of benzene rings is 1. The van der Waals surface area contributed by atoms with E-state index in [1.807, 2.05) is 24.4 Å². The molecular formula is C23H34BCl2N3O4. The molecule has 1 aromatic heterocycles. The summed E-state index contributed by atoms with van der Waals surface area (Å²) >= 11 is 0. The highest BCUT2D eigenvalue weighted by Gasteiger charge is 2.42. The molecule has 1 aromatic carbocycles. The first-order valence-electron chi connectivity index (χ1n) is 11.0. The van der Waals surface area contributed by atoms with Gasteiger partial charge in [0.15, 0.2) is 0 Å². The smallest absolute Gasteiger partial charge is 0.451 e. The summed E-state index contributed by atoms with van der Waals surface area (Å²) in [5, 5.41) is 27.8. The summed E-state index contributed by atoms with van der Waals surface area (Å²) in [7, 11) is -1.35. The molecule has 10 heteroatoms. The standard InChI is InChI=1S/C23H32BN3O4.2ClH/c25-23(22(28)29,11-3-4-12-24(30)31)20-9-14-27(15-10-20)17-19-6-1-2-8-21(19)18-7-5-13-26-16-18;;/h1-2,5-8,13,16,20,30-31H,3-4,9-12,14-15,17,25H2,(H,28,29);2*1H. The molecular weight excluding hydrogens is 464 g/mol. The minimum Gasteiger partial charge on any atom is -0.480 e. The van der Waals surface area contributed by atoms with Crippen molar-refractivity contribution in [3.05, 3.63) is 54.4 Å². The number of carbonyl (C=O) groups is 1. The molecule has 0 radical (unpaired) electrons. The van der Waals surface area contributed by atoms with Crippen molar-refractivity contribution >= 4 is 37.9 Å². The van der Waals surface area contributed by atoms with Crippen LogP contribution < -0.4 is 5.73 Å². The lowest BCUT2D eigenvalue weighted by atomic mass is 9.74. The molecule has 0 aliphatic carbocycles. The summed E-state index contributed by atoms with van der Waals surface area (Å²) in [4.78, 5) is 18.6. The third kappa shape index (κ3) is 7.95. The molecule has 0 saturated carbocycles. The maximum atomic E-state index is 12.0. The van der Waals surface area contributed by atoms with Crippen molar-refractivity contribution in [3.63, 3.8) is 0 Å². The van der Waals surface area contributed by atoms with Crippen LogP contribution in [0.5, 0.6) is 0 Å². The number of nitrogens with two attached hydrogens (primary N) is 1. The lowest BCUT2D eigenvalue weighted by molar-refractivity contribution is -0.147. The van der Waals surface area contributed by atoms with Gasteiger partial charge in [0, 0.05) is 24.5 Å². The Morgan fingerprint density at radius 1 is 1.12 bits per heavy atom. The molecule has 1 atom stereocenters. The SMILES string of the molecule is Cl.Cl.NC(CCCCB(O)O)(C(=O)O)C1CCN(Cc2ccccc2-c2cccnc2)CC1. The highest BCUT2D eigenvalue weighted by atomic mass is 35.5. The zero-order chi connectivity index (χ0) is 22.3. The average Bonchev–Trinajstić information content (AvgIpc) is 2.78. The Labute approximate surface area is 208 Å². The molecule has 0 amide bonds. The number of nitrogens with zero attached hydrogens (tertiary/aromatic N) is 2. The fourth-order valence-corrected chi connectivity index (χ4v) is 4.54. The van der Waals surface area contributed by atoms with Crippen molar-refractivity contribution in [3.8, 4) is 11.1 Å². The van der Waals surface area contributed by atoms with Crippen molar-refractivity contribution in [1.29, 1.82) is 0 Å². The van der Waals surface area contributed by atoms with Gasteiger partial charge in [-0.2, -0.15) is 0 Å². The van der Waals surface area contributed by atoms with E-state index in [9.17, 15) is 9.90 Å². The number of carboxylic acids is 1. The first-order chi connectivity index (χ1) is 14.9. The lowest BCUT2D eigenvalue weighted by Gasteiger charge is -2.40. The van der Waals surface area contributed by atoms with Crippen LogP contribution in [0.25, 0.3) is 11.1 Å². The molecule has 1 fully saturated rings. The van der Waals surface area contributed by atoms with Crippen LogP contribution in [0, 0.1) is 5.92 Å². The molecule has 3 rings (SSSR count). The van der Waals surface area contributed by atoms with Gasteiger partial charge in [-0.1, -0.05) is 43.2 Å². The number of hydrogen-bond acceptors (Lipinski definition) is 6. The van der Waals surface area contributed by atoms with Gasteiger partial charge in [0.25, 0.3) is 0 Å². The number of unbranched alkanes of at least 4 members (excludes halogenated alkanes) is 1. The normalized spacial score (nSPS) is 16.2. The third-order valence-corrected chi connectivity index (χ3v) is 6.40. The number of rotatable bonds is 10. The van der Waals surface area contributed by atoms with Crippen LogP contribution in [0.15, 0.2) is 48.8 Å². The summed E-state index contributed by atoms with van der Waals surface area (Å²) in [5.41, 5.74) is 8.61. The van der Waals surface area contributed by atoms with Gasteiger partial charge in [-0.05, 0) is 61.8 Å². The van der Waals surface area contributed by atoms with Gasteiger partial charge in [0.05, 0.1) is 0 Å². The number of hydrogen-bond donors (Lipinski definition) is 4. The number of halogens is 2. The first kappa shape index (κ1) is 29.4. The first-order valence-corrected chi connectivity index (χ1v) is 11.0. The summed E-state index contributed by atoms with van der Waals surface area (Å²) in [6.07, 6.45) is 6.82. The number of aromatic nitrogens is 1. The molecule has 1 unspecified atom stereocenters. The van der Waals surface area contributed by atoms with Crippen molar-refractivity contribution < 1.29 is 19.9 Å². The van der Waals surface area contributed by atoms with Gasteiger partial charge in [0.2, 0.25) is 0 Å². The predicted octanol–water partition coefficient (Wildman–Crippen LogP) is 3.23. The van der Waals surface area contributed by atoms with E-state index in [2.05, 4.69) is 28.1 Å². The van der Waals surface area contributed by atoms with Crippen LogP contribution in [0.4, 0.5) is 0 Å². The molecule has 1 aliphatic rings. The maximum absolute atomic E-state index is 12.0. The van der Waals surface area contributed by atoms with Gasteiger partial charge in [-0.15, -0.1) is 24.8 Å². The van der Waals surface area contributed by atoms with E-state index in [1.54, 1.807) is 6.20 Å². The van der Waals surface area contributed by atoms with Crippen molar-refractivity contribution in [2.45, 2.75) is 50.5 Å².